The van der Waals surface area contributed by atoms with Crippen molar-refractivity contribution < 1.29 is 58.5 Å². The number of aliphatic hydroxyl groups excluding tert-OH is 1. The lowest BCUT2D eigenvalue weighted by atomic mass is 10.0. The van der Waals surface area contributed by atoms with Crippen LogP contribution in [0.4, 0.5) is 0 Å². The van der Waals surface area contributed by atoms with Gasteiger partial charge in [0, 0.05) is 42.9 Å². The van der Waals surface area contributed by atoms with Gasteiger partial charge in [0.15, 0.2) is 5.96 Å². The van der Waals surface area contributed by atoms with Gasteiger partial charge in [-0.2, -0.15) is 0 Å². The number of fused-ring (bicyclic) bond motifs is 1. The van der Waals surface area contributed by atoms with Crippen LogP contribution in [0.2, 0.25) is 0 Å². The molecule has 0 aliphatic rings. The molecule has 3 rings (SSSR count). The number of rotatable bonds is 27. The Kier molecular flexibility index (Phi) is 21.0. The van der Waals surface area contributed by atoms with Crippen molar-refractivity contribution in [3.63, 3.8) is 0 Å². The summed E-state index contributed by atoms with van der Waals surface area (Å²) in [5, 5.41) is 45.9. The molecule has 3 aromatic rings. The van der Waals surface area contributed by atoms with Gasteiger partial charge in [-0.15, -0.1) is 0 Å². The number of guanidine groups is 1. The van der Waals surface area contributed by atoms with E-state index in [0.29, 0.717) is 17.5 Å². The molecule has 17 N–H and O–H groups in total. The zero-order valence-corrected chi connectivity index (χ0v) is 36.4. The van der Waals surface area contributed by atoms with E-state index in [2.05, 4.69) is 47.2 Å². The van der Waals surface area contributed by atoms with Crippen molar-refractivity contribution in [2.45, 2.75) is 94.7 Å². The predicted molar refractivity (Wildman–Crippen MR) is 238 cm³/mol. The number of H-pyrrole nitrogens is 1. The summed E-state index contributed by atoms with van der Waals surface area (Å²) < 4.78 is 0. The summed E-state index contributed by atoms with van der Waals surface area (Å²) in [6, 6.07) is 6.30. The Balaban J connectivity index is 1.69. The number of aliphatic carboxylic acids is 2. The van der Waals surface area contributed by atoms with Crippen LogP contribution in [-0.2, 0) is 56.0 Å². The van der Waals surface area contributed by atoms with E-state index in [9.17, 15) is 53.4 Å². The number of aliphatic hydroxyl groups is 1. The molecule has 0 saturated carbocycles. The Morgan fingerprint density at radius 2 is 1.24 bits per heavy atom. The number of carbonyl (C=O) groups is 9. The van der Waals surface area contributed by atoms with Crippen molar-refractivity contribution in [2.75, 3.05) is 19.7 Å². The SMILES string of the molecule is C[C@H](NC(=O)CNC(=O)[C@H](Cc1c[nH]c2ccccc12)NC(=O)[C@H](C)NC(=O)[C@H](CO)NC(=O)[C@H](Cc1ccccc1)NC(=O)[C@@H](N)CCCN=C(N)N)C(=O)N[C@@H](CCC(=O)O)C(=O)O. The molecule has 7 atom stereocenters. The minimum atomic E-state index is -1.61. The van der Waals surface area contributed by atoms with Gasteiger partial charge in [0.2, 0.25) is 41.4 Å². The lowest BCUT2D eigenvalue weighted by molar-refractivity contribution is -0.143. The third-order valence-corrected chi connectivity index (χ3v) is 9.97. The molecule has 24 heteroatoms. The Morgan fingerprint density at radius 3 is 1.88 bits per heavy atom. The largest absolute Gasteiger partial charge is 0.481 e. The van der Waals surface area contributed by atoms with Gasteiger partial charge in [-0.1, -0.05) is 48.5 Å². The summed E-state index contributed by atoms with van der Waals surface area (Å²) in [6.07, 6.45) is 1.10. The first-order valence-corrected chi connectivity index (χ1v) is 20.8. The van der Waals surface area contributed by atoms with E-state index >= 15 is 0 Å². The quantitative estimate of drug-likeness (QED) is 0.0199. The highest BCUT2D eigenvalue weighted by Gasteiger charge is 2.31. The van der Waals surface area contributed by atoms with Gasteiger partial charge < -0.3 is 74.7 Å². The average Bonchev–Trinajstić information content (AvgIpc) is 3.69. The number of hydrogen-bond acceptors (Lipinski definition) is 12. The minimum Gasteiger partial charge on any atom is -0.481 e. The smallest absolute Gasteiger partial charge is 0.326 e. The van der Waals surface area contributed by atoms with Gasteiger partial charge in [-0.3, -0.25) is 43.3 Å². The molecule has 0 fully saturated rings. The van der Waals surface area contributed by atoms with E-state index in [1.807, 2.05) is 0 Å². The van der Waals surface area contributed by atoms with Crippen LogP contribution in [0.25, 0.3) is 10.9 Å². The van der Waals surface area contributed by atoms with Gasteiger partial charge >= 0.3 is 11.9 Å². The van der Waals surface area contributed by atoms with Crippen molar-refractivity contribution in [2.24, 2.45) is 22.2 Å². The van der Waals surface area contributed by atoms with Crippen molar-refractivity contribution >= 4 is 70.2 Å². The first kappa shape index (κ1) is 52.7. The van der Waals surface area contributed by atoms with Crippen molar-refractivity contribution in [3.8, 4) is 0 Å². The average molecular weight is 923 g/mol. The normalized spacial score (nSPS) is 14.1. The molecule has 66 heavy (non-hydrogen) atoms. The Morgan fingerprint density at radius 1 is 0.667 bits per heavy atom. The van der Waals surface area contributed by atoms with Crippen LogP contribution in [0.15, 0.2) is 65.8 Å². The molecule has 1 aromatic heterocycles. The maximum atomic E-state index is 13.6. The van der Waals surface area contributed by atoms with Gasteiger partial charge in [-0.25, -0.2) is 4.79 Å². The number of aliphatic imine (C=N–C) groups is 1. The number of nitrogens with zero attached hydrogens (tertiary/aromatic N) is 1. The number of amides is 7. The summed E-state index contributed by atoms with van der Waals surface area (Å²) in [7, 11) is 0. The van der Waals surface area contributed by atoms with Gasteiger partial charge in [0.1, 0.15) is 36.3 Å². The molecule has 7 amide bonds. The van der Waals surface area contributed by atoms with Crippen LogP contribution in [0.1, 0.15) is 50.7 Å². The van der Waals surface area contributed by atoms with Gasteiger partial charge in [0.05, 0.1) is 19.2 Å². The Labute approximate surface area is 378 Å². The third-order valence-electron chi connectivity index (χ3n) is 9.97. The summed E-state index contributed by atoms with van der Waals surface area (Å²) in [4.78, 5) is 122. The summed E-state index contributed by atoms with van der Waals surface area (Å²) >= 11 is 0. The Bertz CT molecular complexity index is 2210. The zero-order chi connectivity index (χ0) is 48.9. The number of para-hydroxylation sites is 1. The van der Waals surface area contributed by atoms with Crippen molar-refractivity contribution in [3.05, 3.63) is 71.9 Å². The number of benzene rings is 2. The molecule has 2 aromatic carbocycles. The molecule has 358 valence electrons. The number of carboxylic acids is 2. The first-order chi connectivity index (χ1) is 31.3. The first-order valence-electron chi connectivity index (χ1n) is 20.8. The van der Waals surface area contributed by atoms with Crippen LogP contribution in [0.3, 0.4) is 0 Å². The molecule has 0 saturated heterocycles. The molecule has 24 nitrogen and oxygen atoms in total. The second-order valence-corrected chi connectivity index (χ2v) is 15.2. The van der Waals surface area contributed by atoms with E-state index in [-0.39, 0.29) is 31.8 Å². The van der Waals surface area contributed by atoms with Crippen molar-refractivity contribution in [1.82, 2.24) is 42.2 Å². The second kappa shape index (κ2) is 26.3. The summed E-state index contributed by atoms with van der Waals surface area (Å²) in [6.45, 7) is 1.14. The number of hydrogen-bond donors (Lipinski definition) is 14. The summed E-state index contributed by atoms with van der Waals surface area (Å²) in [5.41, 5.74) is 18.7. The lowest BCUT2D eigenvalue weighted by Gasteiger charge is -2.25. The number of nitrogens with one attached hydrogen (secondary N) is 8. The molecule has 0 aliphatic carbocycles. The molecule has 1 heterocycles. The number of carboxylic acid groups (broad SMARTS) is 2. The monoisotopic (exact) mass is 922 g/mol. The van der Waals surface area contributed by atoms with Crippen LogP contribution in [0.5, 0.6) is 0 Å². The van der Waals surface area contributed by atoms with E-state index in [1.54, 1.807) is 60.8 Å². The third kappa shape index (κ3) is 17.5. The van der Waals surface area contributed by atoms with E-state index in [1.165, 1.54) is 13.8 Å². The standard InChI is InChI=1S/C42H58N12O12/c1-22(35(59)51-29(41(65)66)14-15-34(57)58)49-33(56)20-48-38(62)31(18-25-19-47-28-13-7-6-11-26(25)28)52-36(60)23(2)50-40(64)32(21-55)54-39(63)30(17-24-9-4-3-5-10-24)53-37(61)27(43)12-8-16-46-42(44)45/h3-7,9-11,13,19,22-23,27,29-32,47,55H,8,12,14-18,20-21,43H2,1-2H3,(H,48,62)(H,49,56)(H,50,64)(H,51,59)(H,52,60)(H,53,61)(H,54,63)(H,57,58)(H,65,66)(H4,44,45,46)/t22-,23-,27-,29-,30-,31-,32-/m0/s1. The minimum absolute atomic E-state index is 0.0169. The molecule has 0 spiro atoms. The van der Waals surface area contributed by atoms with Gasteiger partial charge in [0.25, 0.3) is 0 Å². The van der Waals surface area contributed by atoms with Gasteiger partial charge in [-0.05, 0) is 50.3 Å². The molecular weight excluding hydrogens is 865 g/mol. The maximum absolute atomic E-state index is 13.6. The maximum Gasteiger partial charge on any atom is 0.326 e. The van der Waals surface area contributed by atoms with Crippen LogP contribution in [0, 0.1) is 0 Å². The fourth-order valence-electron chi connectivity index (χ4n) is 6.33. The highest BCUT2D eigenvalue weighted by molar-refractivity contribution is 5.97. The zero-order valence-electron chi connectivity index (χ0n) is 36.4. The topological polar surface area (TPSA) is 405 Å². The molecular formula is C42H58N12O12. The van der Waals surface area contributed by atoms with E-state index in [4.69, 9.17) is 22.3 Å². The van der Waals surface area contributed by atoms with Crippen LogP contribution < -0.4 is 54.4 Å². The second-order valence-electron chi connectivity index (χ2n) is 15.2. The molecule has 0 aliphatic heterocycles. The van der Waals surface area contributed by atoms with Crippen LogP contribution in [-0.4, -0.2) is 142 Å². The lowest BCUT2D eigenvalue weighted by Crippen LogP contribution is -2.59. The highest BCUT2D eigenvalue weighted by Crippen LogP contribution is 2.19. The molecule has 0 bridgehead atoms. The van der Waals surface area contributed by atoms with Crippen LogP contribution >= 0.6 is 0 Å². The number of aromatic amines is 1. The fraction of sp³-hybridized carbons (Fsp3) is 0.429. The number of carbonyl (C=O) groups excluding carboxylic acids is 7. The molecule has 0 radical (unpaired) electrons. The fourth-order valence-corrected chi connectivity index (χ4v) is 6.33. The predicted octanol–water partition coefficient (Wildman–Crippen LogP) is -3.66. The van der Waals surface area contributed by atoms with E-state index < -0.39 is 122 Å². The highest BCUT2D eigenvalue weighted by atomic mass is 16.4. The number of aromatic nitrogens is 1. The summed E-state index contributed by atoms with van der Waals surface area (Å²) in [5.74, 6) is -8.89. The van der Waals surface area contributed by atoms with E-state index in [0.717, 1.165) is 10.9 Å². The molecule has 0 unspecified atom stereocenters. The Hall–Kier alpha value is -7.60. The number of nitrogens with two attached hydrogens (primary N) is 3. The van der Waals surface area contributed by atoms with Crippen molar-refractivity contribution in [1.29, 1.82) is 0 Å².